The quantitative estimate of drug-likeness (QED) is 0.388. The van der Waals surface area contributed by atoms with Crippen LogP contribution in [0.2, 0.25) is 0 Å². The van der Waals surface area contributed by atoms with Gasteiger partial charge in [-0.25, -0.2) is 0 Å². The Labute approximate surface area is 98.8 Å². The molecule has 2 aliphatic rings. The summed E-state index contributed by atoms with van der Waals surface area (Å²) in [5.41, 5.74) is -0.186. The van der Waals surface area contributed by atoms with Crippen molar-refractivity contribution < 1.29 is 4.79 Å². The van der Waals surface area contributed by atoms with Gasteiger partial charge in [-0.05, 0) is 12.8 Å². The van der Waals surface area contributed by atoms with Crippen LogP contribution in [0.25, 0.3) is 5.41 Å². The molecule has 0 aromatic carbocycles. The molecule has 1 atom stereocenters. The van der Waals surface area contributed by atoms with Gasteiger partial charge in [0, 0.05) is 11.0 Å². The number of rotatable bonds is 0. The normalized spacial score (nSPS) is 27.4. The Hall–Kier alpha value is -1.50. The first-order valence-corrected chi connectivity index (χ1v) is 5.59. The average molecular weight is 232 g/mol. The van der Waals surface area contributed by atoms with Gasteiger partial charge in [-0.1, -0.05) is 25.1 Å². The summed E-state index contributed by atoms with van der Waals surface area (Å²) in [5.74, 6) is 0.960. The van der Waals surface area contributed by atoms with Crippen molar-refractivity contribution in [1.82, 2.24) is 5.32 Å². The predicted octanol–water partition coefficient (Wildman–Crippen LogP) is 1.31. The van der Waals surface area contributed by atoms with Gasteiger partial charge in [0.05, 0.1) is 6.07 Å². The zero-order chi connectivity index (χ0) is 11.8. The molecular weight excluding hydrogens is 222 g/mol. The highest BCUT2D eigenvalue weighted by atomic mass is 32.1. The van der Waals surface area contributed by atoms with E-state index >= 15 is 0 Å². The van der Waals surface area contributed by atoms with Gasteiger partial charge >= 0.3 is 0 Å². The Morgan fingerprint density at radius 2 is 2.12 bits per heavy atom. The molecule has 5 heteroatoms. The maximum Gasteiger partial charge on any atom is 0.243 e. The molecule has 1 unspecified atom stereocenters. The highest BCUT2D eigenvalue weighted by Gasteiger charge is 2.52. The Kier molecular flexibility index (Phi) is 2.63. The Morgan fingerprint density at radius 3 is 2.62 bits per heavy atom. The van der Waals surface area contributed by atoms with Gasteiger partial charge in [-0.15, -0.1) is 0 Å². The van der Waals surface area contributed by atoms with Gasteiger partial charge in [-0.2, -0.15) is 5.26 Å². The molecule has 16 heavy (non-hydrogen) atoms. The lowest BCUT2D eigenvalue weighted by atomic mass is 9.67. The summed E-state index contributed by atoms with van der Waals surface area (Å²) in [7, 11) is 0. The highest BCUT2D eigenvalue weighted by Crippen LogP contribution is 2.50. The number of nitrogens with zero attached hydrogens (tertiary/aromatic N) is 2. The van der Waals surface area contributed by atoms with Gasteiger partial charge < -0.3 is 10.7 Å². The summed E-state index contributed by atoms with van der Waals surface area (Å²) >= 11 is 5.01. The smallest absolute Gasteiger partial charge is 0.243 e. The molecule has 4 nitrogen and oxygen atoms in total. The number of amides is 1. The second-order valence-electron chi connectivity index (χ2n) is 4.23. The fourth-order valence-electron chi connectivity index (χ4n) is 2.76. The van der Waals surface area contributed by atoms with Crippen LogP contribution in [-0.4, -0.2) is 16.8 Å². The molecule has 1 aliphatic carbocycles. The minimum absolute atomic E-state index is 0.209. The second-order valence-corrected chi connectivity index (χ2v) is 4.64. The molecule has 2 fully saturated rings. The van der Waals surface area contributed by atoms with E-state index in [0.29, 0.717) is 18.4 Å². The van der Waals surface area contributed by atoms with E-state index in [4.69, 9.17) is 22.9 Å². The molecule has 1 heterocycles. The van der Waals surface area contributed by atoms with Crippen molar-refractivity contribution in [3.05, 3.63) is 11.0 Å². The van der Waals surface area contributed by atoms with Crippen LogP contribution in [0.1, 0.15) is 25.7 Å². The van der Waals surface area contributed by atoms with E-state index in [0.717, 1.165) is 12.8 Å². The standard InChI is InChI=1S/C11H10N3OS/c12-5-7-9(15)14-10(16)8(6-13)11(7)3-1-2-4-11/h7H,1-4H2,(H,14,15,16)/q-1. The maximum absolute atomic E-state index is 11.7. The molecule has 1 amide bonds. The van der Waals surface area contributed by atoms with Gasteiger partial charge in [0.1, 0.15) is 10.9 Å². The summed E-state index contributed by atoms with van der Waals surface area (Å²) < 4.78 is 0. The number of piperidine rings is 1. The van der Waals surface area contributed by atoms with Crippen molar-refractivity contribution in [2.75, 3.05) is 0 Å². The first-order valence-electron chi connectivity index (χ1n) is 5.18. The van der Waals surface area contributed by atoms with Crippen LogP contribution in [0.3, 0.4) is 0 Å². The van der Waals surface area contributed by atoms with E-state index in [1.54, 1.807) is 0 Å². The van der Waals surface area contributed by atoms with Crippen LogP contribution >= 0.6 is 12.2 Å². The third kappa shape index (κ3) is 1.31. The van der Waals surface area contributed by atoms with E-state index in [1.165, 1.54) is 0 Å². The first kappa shape index (κ1) is 11.0. The second kappa shape index (κ2) is 3.82. The van der Waals surface area contributed by atoms with Crippen molar-refractivity contribution in [3.63, 3.8) is 0 Å². The van der Waals surface area contributed by atoms with E-state index in [2.05, 4.69) is 11.2 Å². The monoisotopic (exact) mass is 232 g/mol. The molecule has 1 saturated heterocycles. The fraction of sp³-hybridized carbons (Fsp3) is 0.545. The number of nitriles is 1. The van der Waals surface area contributed by atoms with Crippen molar-refractivity contribution >= 4 is 29.0 Å². The largest absolute Gasteiger partial charge is 0.763 e. The van der Waals surface area contributed by atoms with Crippen LogP contribution in [0.5, 0.6) is 0 Å². The Bertz CT molecular complexity index is 450. The molecule has 82 valence electrons. The van der Waals surface area contributed by atoms with Crippen molar-refractivity contribution in [3.8, 4) is 6.07 Å². The summed E-state index contributed by atoms with van der Waals surface area (Å²) in [6, 6.07) is 2.03. The molecule has 2 rings (SSSR count). The number of carbonyl (C=O) groups is 1. The lowest BCUT2D eigenvalue weighted by Gasteiger charge is -2.39. The lowest BCUT2D eigenvalue weighted by Crippen LogP contribution is -2.52. The van der Waals surface area contributed by atoms with E-state index in [1.807, 2.05) is 6.07 Å². The zero-order valence-corrected chi connectivity index (χ0v) is 9.43. The first-order chi connectivity index (χ1) is 7.65. The summed E-state index contributed by atoms with van der Waals surface area (Å²) in [5, 5.41) is 20.7. The molecule has 1 N–H and O–H groups in total. The number of hydrogen-bond acceptors (Lipinski definition) is 3. The SMILES string of the molecule is N#CC1C(=O)NC(=S)C(=C=[N-])C12CCCC2. The summed E-state index contributed by atoms with van der Waals surface area (Å²) in [6.45, 7) is 0. The molecule has 0 bridgehead atoms. The van der Waals surface area contributed by atoms with Gasteiger partial charge in [0.25, 0.3) is 0 Å². The van der Waals surface area contributed by atoms with E-state index < -0.39 is 11.3 Å². The number of hydrogen-bond donors (Lipinski definition) is 1. The van der Waals surface area contributed by atoms with Gasteiger partial charge in [-0.3, -0.25) is 10.7 Å². The molecular formula is C11H10N3OS-. The minimum Gasteiger partial charge on any atom is -0.763 e. The van der Waals surface area contributed by atoms with E-state index in [9.17, 15) is 4.79 Å². The van der Waals surface area contributed by atoms with Crippen LogP contribution in [-0.2, 0) is 4.79 Å². The molecule has 1 spiro atoms. The third-order valence-corrected chi connectivity index (χ3v) is 3.82. The van der Waals surface area contributed by atoms with Crippen LogP contribution in [0.15, 0.2) is 5.57 Å². The fourth-order valence-corrected chi connectivity index (χ4v) is 3.11. The Morgan fingerprint density at radius 1 is 1.50 bits per heavy atom. The van der Waals surface area contributed by atoms with Crippen LogP contribution < -0.4 is 5.32 Å². The van der Waals surface area contributed by atoms with Gasteiger partial charge in [0.15, 0.2) is 0 Å². The third-order valence-electron chi connectivity index (χ3n) is 3.51. The lowest BCUT2D eigenvalue weighted by molar-refractivity contribution is -0.125. The summed E-state index contributed by atoms with van der Waals surface area (Å²) in [6.07, 6.45) is 3.31. The zero-order valence-electron chi connectivity index (χ0n) is 8.62. The summed E-state index contributed by atoms with van der Waals surface area (Å²) in [4.78, 5) is 11.9. The van der Waals surface area contributed by atoms with Crippen LogP contribution in [0, 0.1) is 22.7 Å². The molecule has 0 radical (unpaired) electrons. The predicted molar refractivity (Wildman–Crippen MR) is 62.6 cm³/mol. The van der Waals surface area contributed by atoms with Crippen molar-refractivity contribution in [2.24, 2.45) is 11.3 Å². The maximum atomic E-state index is 11.7. The topological polar surface area (TPSA) is 75.2 Å². The number of nitrogens with one attached hydrogen (secondary N) is 1. The molecule has 1 aliphatic heterocycles. The van der Waals surface area contributed by atoms with Crippen molar-refractivity contribution in [1.29, 1.82) is 5.26 Å². The Balaban J connectivity index is 2.56. The van der Waals surface area contributed by atoms with Crippen molar-refractivity contribution in [2.45, 2.75) is 25.7 Å². The minimum atomic E-state index is -0.767. The van der Waals surface area contributed by atoms with Gasteiger partial charge in [0.2, 0.25) is 5.91 Å². The van der Waals surface area contributed by atoms with Crippen LogP contribution in [0.4, 0.5) is 0 Å². The number of carbonyl (C=O) groups excluding carboxylic acids is 1. The van der Waals surface area contributed by atoms with E-state index in [-0.39, 0.29) is 10.9 Å². The molecule has 0 aromatic heterocycles. The highest BCUT2D eigenvalue weighted by molar-refractivity contribution is 7.80. The number of thiocarbonyl (C=S) groups is 1. The molecule has 1 saturated carbocycles. The average Bonchev–Trinajstić information content (AvgIpc) is 2.68. The molecule has 0 aromatic rings.